The van der Waals surface area contributed by atoms with Gasteiger partial charge in [-0.1, -0.05) is 19.4 Å². The maximum absolute atomic E-state index is 5.78. The second kappa shape index (κ2) is 5.49. The van der Waals surface area contributed by atoms with Crippen molar-refractivity contribution >= 4 is 17.4 Å². The second-order valence-electron chi connectivity index (χ2n) is 7.23. The van der Waals surface area contributed by atoms with Crippen molar-refractivity contribution in [2.75, 3.05) is 5.32 Å². The van der Waals surface area contributed by atoms with Gasteiger partial charge in [0.1, 0.15) is 0 Å². The molecule has 21 heavy (non-hydrogen) atoms. The van der Waals surface area contributed by atoms with Crippen LogP contribution in [0.3, 0.4) is 0 Å². The van der Waals surface area contributed by atoms with Crippen molar-refractivity contribution in [3.63, 3.8) is 0 Å². The van der Waals surface area contributed by atoms with E-state index in [4.69, 9.17) is 9.47 Å². The smallest absolute Gasteiger partial charge is 0.205 e. The fourth-order valence-electron chi connectivity index (χ4n) is 2.51. The number of epoxide rings is 1. The van der Waals surface area contributed by atoms with Crippen LogP contribution in [-0.4, -0.2) is 22.9 Å². The zero-order chi connectivity index (χ0) is 15.1. The van der Waals surface area contributed by atoms with Gasteiger partial charge in [-0.05, 0) is 51.8 Å². The number of ether oxygens (including phenoxy) is 2. The van der Waals surface area contributed by atoms with Crippen LogP contribution in [0.4, 0.5) is 5.69 Å². The van der Waals surface area contributed by atoms with Crippen LogP contribution >= 0.6 is 11.8 Å². The van der Waals surface area contributed by atoms with Crippen molar-refractivity contribution in [1.29, 1.82) is 0 Å². The SMILES string of the molecule is CC(C)(C)OC1OC1Nc1cccc(SC2(C)CCC2)c1. The molecule has 4 heteroatoms. The van der Waals surface area contributed by atoms with Gasteiger partial charge in [-0.3, -0.25) is 0 Å². The molecule has 0 amide bonds. The summed E-state index contributed by atoms with van der Waals surface area (Å²) in [5.41, 5.74) is 0.936. The molecule has 1 aromatic rings. The van der Waals surface area contributed by atoms with Crippen LogP contribution in [0.2, 0.25) is 0 Å². The first-order chi connectivity index (χ1) is 9.83. The molecule has 2 aliphatic rings. The lowest BCUT2D eigenvalue weighted by atomic mass is 9.86. The molecule has 0 bridgehead atoms. The van der Waals surface area contributed by atoms with Crippen LogP contribution < -0.4 is 5.32 Å². The predicted molar refractivity (Wildman–Crippen MR) is 87.7 cm³/mol. The van der Waals surface area contributed by atoms with Gasteiger partial charge >= 0.3 is 0 Å². The van der Waals surface area contributed by atoms with E-state index < -0.39 is 0 Å². The Balaban J connectivity index is 1.55. The number of anilines is 1. The molecule has 116 valence electrons. The summed E-state index contributed by atoms with van der Waals surface area (Å²) in [6.07, 6.45) is 3.85. The zero-order valence-electron chi connectivity index (χ0n) is 13.3. The summed E-state index contributed by atoms with van der Waals surface area (Å²) in [7, 11) is 0. The van der Waals surface area contributed by atoms with Crippen LogP contribution in [0, 0.1) is 0 Å². The van der Waals surface area contributed by atoms with Crippen LogP contribution in [0.5, 0.6) is 0 Å². The maximum Gasteiger partial charge on any atom is 0.205 e. The summed E-state index contributed by atoms with van der Waals surface area (Å²) >= 11 is 1.99. The Morgan fingerprint density at radius 2 is 2.10 bits per heavy atom. The average Bonchev–Trinajstić information content (AvgIpc) is 3.03. The Labute approximate surface area is 131 Å². The molecule has 1 aromatic carbocycles. The first-order valence-electron chi connectivity index (χ1n) is 7.72. The highest BCUT2D eigenvalue weighted by molar-refractivity contribution is 8.00. The number of rotatable bonds is 5. The summed E-state index contributed by atoms with van der Waals surface area (Å²) < 4.78 is 11.7. The number of hydrogen-bond donors (Lipinski definition) is 1. The Kier molecular flexibility index (Phi) is 3.97. The van der Waals surface area contributed by atoms with Crippen molar-refractivity contribution in [2.45, 2.75) is 74.7 Å². The van der Waals surface area contributed by atoms with Gasteiger partial charge < -0.3 is 14.8 Å². The molecule has 1 aliphatic carbocycles. The van der Waals surface area contributed by atoms with Crippen LogP contribution in [0.15, 0.2) is 29.2 Å². The zero-order valence-corrected chi connectivity index (χ0v) is 14.1. The van der Waals surface area contributed by atoms with Crippen molar-refractivity contribution in [3.8, 4) is 0 Å². The van der Waals surface area contributed by atoms with E-state index in [0.29, 0.717) is 4.75 Å². The number of thioether (sulfide) groups is 1. The van der Waals surface area contributed by atoms with Crippen molar-refractivity contribution in [1.82, 2.24) is 0 Å². The highest BCUT2D eigenvalue weighted by atomic mass is 32.2. The lowest BCUT2D eigenvalue weighted by Crippen LogP contribution is -2.28. The minimum Gasteiger partial charge on any atom is -0.356 e. The molecule has 0 radical (unpaired) electrons. The Bertz CT molecular complexity index is 508. The van der Waals surface area contributed by atoms with E-state index in [0.717, 1.165) is 5.69 Å². The van der Waals surface area contributed by atoms with E-state index in [9.17, 15) is 0 Å². The molecule has 1 N–H and O–H groups in total. The van der Waals surface area contributed by atoms with Crippen LogP contribution in [0.25, 0.3) is 0 Å². The largest absolute Gasteiger partial charge is 0.356 e. The quantitative estimate of drug-likeness (QED) is 0.804. The first-order valence-corrected chi connectivity index (χ1v) is 8.54. The monoisotopic (exact) mass is 307 g/mol. The van der Waals surface area contributed by atoms with Gasteiger partial charge in [-0.25, -0.2) is 0 Å². The van der Waals surface area contributed by atoms with Crippen LogP contribution in [-0.2, 0) is 9.47 Å². The van der Waals surface area contributed by atoms with E-state index in [1.165, 1.54) is 24.2 Å². The Morgan fingerprint density at radius 1 is 1.33 bits per heavy atom. The molecule has 1 saturated carbocycles. The fourth-order valence-corrected chi connectivity index (χ4v) is 3.91. The normalized spacial score (nSPS) is 27.0. The molecule has 2 fully saturated rings. The minimum atomic E-state index is -0.169. The number of benzene rings is 1. The highest BCUT2D eigenvalue weighted by Gasteiger charge is 2.43. The maximum atomic E-state index is 5.78. The van der Waals surface area contributed by atoms with Crippen molar-refractivity contribution in [3.05, 3.63) is 24.3 Å². The standard InChI is InChI=1S/C17H25NO2S/c1-16(2,3)20-15-14(19-15)18-12-7-5-8-13(11-12)21-17(4)9-6-10-17/h5,7-8,11,14-15,18H,6,9-10H2,1-4H3. The van der Waals surface area contributed by atoms with Gasteiger partial charge in [-0.15, -0.1) is 11.8 Å². The van der Waals surface area contributed by atoms with Gasteiger partial charge in [0.15, 0.2) is 6.23 Å². The second-order valence-corrected chi connectivity index (χ2v) is 8.89. The third-order valence-corrected chi connectivity index (χ3v) is 5.23. The van der Waals surface area contributed by atoms with Crippen molar-refractivity contribution in [2.24, 2.45) is 0 Å². The van der Waals surface area contributed by atoms with Gasteiger partial charge in [0.05, 0.1) is 5.60 Å². The topological polar surface area (TPSA) is 33.8 Å². The molecule has 1 saturated heterocycles. The van der Waals surface area contributed by atoms with E-state index in [1.807, 2.05) is 32.5 Å². The molecule has 0 spiro atoms. The lowest BCUT2D eigenvalue weighted by Gasteiger charge is -2.37. The summed E-state index contributed by atoms with van der Waals surface area (Å²) in [6, 6.07) is 8.60. The molecule has 3 rings (SSSR count). The summed E-state index contributed by atoms with van der Waals surface area (Å²) in [5, 5.41) is 3.39. The molecule has 1 heterocycles. The van der Waals surface area contributed by atoms with Gasteiger partial charge in [0.2, 0.25) is 6.29 Å². The molecule has 1 aliphatic heterocycles. The predicted octanol–water partition coefficient (Wildman–Crippen LogP) is 4.63. The van der Waals surface area contributed by atoms with E-state index in [1.54, 1.807) is 0 Å². The highest BCUT2D eigenvalue weighted by Crippen LogP contribution is 2.47. The Hall–Kier alpha value is -0.710. The van der Waals surface area contributed by atoms with E-state index in [-0.39, 0.29) is 18.1 Å². The van der Waals surface area contributed by atoms with Crippen LogP contribution in [0.1, 0.15) is 47.0 Å². The molecule has 2 unspecified atom stereocenters. The lowest BCUT2D eigenvalue weighted by molar-refractivity contribution is -0.0569. The van der Waals surface area contributed by atoms with Crippen molar-refractivity contribution < 1.29 is 9.47 Å². The first kappa shape index (κ1) is 15.2. The van der Waals surface area contributed by atoms with E-state index in [2.05, 4.69) is 36.5 Å². The van der Waals surface area contributed by atoms with Gasteiger partial charge in [-0.2, -0.15) is 0 Å². The minimum absolute atomic E-state index is 0.0243. The number of nitrogens with one attached hydrogen (secondary N) is 1. The fraction of sp³-hybridized carbons (Fsp3) is 0.647. The van der Waals surface area contributed by atoms with E-state index >= 15 is 0 Å². The Morgan fingerprint density at radius 3 is 2.71 bits per heavy atom. The third-order valence-electron chi connectivity index (χ3n) is 3.84. The average molecular weight is 307 g/mol. The molecule has 2 atom stereocenters. The number of hydrogen-bond acceptors (Lipinski definition) is 4. The molecule has 3 nitrogen and oxygen atoms in total. The summed E-state index contributed by atoms with van der Waals surface area (Å²) in [6.45, 7) is 8.49. The third kappa shape index (κ3) is 4.15. The summed E-state index contributed by atoms with van der Waals surface area (Å²) in [4.78, 5) is 1.33. The van der Waals surface area contributed by atoms with Gasteiger partial charge in [0, 0.05) is 15.3 Å². The molecular weight excluding hydrogens is 282 g/mol. The van der Waals surface area contributed by atoms with Gasteiger partial charge in [0.25, 0.3) is 0 Å². The molecule has 0 aromatic heterocycles. The summed E-state index contributed by atoms with van der Waals surface area (Å²) in [5.74, 6) is 0. The molecular formula is C17H25NO2S.